The van der Waals surface area contributed by atoms with Crippen molar-refractivity contribution in [1.29, 1.82) is 0 Å². The fourth-order valence-electron chi connectivity index (χ4n) is 2.87. The van der Waals surface area contributed by atoms with E-state index >= 15 is 0 Å². The minimum Gasteiger partial charge on any atom is -0.329 e. The lowest BCUT2D eigenvalue weighted by molar-refractivity contribution is -0.174. The van der Waals surface area contributed by atoms with Crippen molar-refractivity contribution >= 4 is 17.8 Å². The van der Waals surface area contributed by atoms with Gasteiger partial charge in [0.05, 0.1) is 17.0 Å². The number of hydrogen-bond acceptors (Lipinski definition) is 4. The second-order valence-electron chi connectivity index (χ2n) is 5.86. The summed E-state index contributed by atoms with van der Waals surface area (Å²) in [6.07, 6.45) is 2.15. The van der Waals surface area contributed by atoms with Crippen LogP contribution in [0.5, 0.6) is 0 Å². The Hall–Kier alpha value is -2.43. The maximum Gasteiger partial charge on any atom is 0.336 e. The monoisotopic (exact) mass is 299 g/mol. The van der Waals surface area contributed by atoms with E-state index in [0.29, 0.717) is 17.9 Å². The zero-order valence-electron chi connectivity index (χ0n) is 12.6. The highest BCUT2D eigenvalue weighted by Crippen LogP contribution is 2.31. The van der Waals surface area contributed by atoms with Crippen molar-refractivity contribution in [3.63, 3.8) is 0 Å². The highest BCUT2D eigenvalue weighted by molar-refractivity contribution is 6.20. The van der Waals surface area contributed by atoms with Gasteiger partial charge < -0.3 is 4.84 Å². The molecule has 5 nitrogen and oxygen atoms in total. The molecular weight excluding hydrogens is 282 g/mol. The van der Waals surface area contributed by atoms with Gasteiger partial charge in [-0.15, -0.1) is 0 Å². The number of carbonyl (C=O) groups excluding carboxylic acids is 3. The van der Waals surface area contributed by atoms with Crippen molar-refractivity contribution in [3.8, 4) is 0 Å². The zero-order valence-corrected chi connectivity index (χ0v) is 12.6. The van der Waals surface area contributed by atoms with Gasteiger partial charge in [0.25, 0.3) is 11.8 Å². The average Bonchev–Trinajstić information content (AvgIpc) is 2.75. The standard InChI is InChI=1S/C17H17NO4/c1-10-7-8-12(9-11(10)2)17(21)22-18-15(19)13-5-3-4-6-14(13)16(18)20/h3-6,12H,7-9H2,1-2H3. The SMILES string of the molecule is CC1=C(C)CC(C(=O)ON2C(=O)c3ccccc3C2=O)CC1. The number of fused-ring (bicyclic) bond motifs is 1. The van der Waals surface area contributed by atoms with Gasteiger partial charge in [0, 0.05) is 0 Å². The number of nitrogens with zero attached hydrogens (tertiary/aromatic N) is 1. The van der Waals surface area contributed by atoms with Gasteiger partial charge >= 0.3 is 5.97 Å². The summed E-state index contributed by atoms with van der Waals surface area (Å²) in [5, 5.41) is 0.591. The Morgan fingerprint density at radius 2 is 1.68 bits per heavy atom. The third-order valence-corrected chi connectivity index (χ3v) is 4.42. The molecule has 1 aliphatic carbocycles. The first-order chi connectivity index (χ1) is 10.5. The van der Waals surface area contributed by atoms with Gasteiger partial charge in [-0.05, 0) is 45.2 Å². The molecule has 0 spiro atoms. The molecule has 22 heavy (non-hydrogen) atoms. The summed E-state index contributed by atoms with van der Waals surface area (Å²) in [6, 6.07) is 6.46. The van der Waals surface area contributed by atoms with Crippen LogP contribution in [0.1, 0.15) is 53.8 Å². The maximum atomic E-state index is 12.3. The molecule has 2 amide bonds. The Morgan fingerprint density at radius 3 is 2.23 bits per heavy atom. The highest BCUT2D eigenvalue weighted by atomic mass is 16.7. The molecular formula is C17H17NO4. The Labute approximate surface area is 128 Å². The molecule has 0 fully saturated rings. The van der Waals surface area contributed by atoms with Crippen LogP contribution in [0.2, 0.25) is 0 Å². The van der Waals surface area contributed by atoms with Crippen LogP contribution in [0.15, 0.2) is 35.4 Å². The maximum absolute atomic E-state index is 12.3. The van der Waals surface area contributed by atoms with E-state index in [1.54, 1.807) is 24.3 Å². The number of allylic oxidation sites excluding steroid dienone is 2. The summed E-state index contributed by atoms with van der Waals surface area (Å²) < 4.78 is 0. The van der Waals surface area contributed by atoms with Crippen LogP contribution >= 0.6 is 0 Å². The lowest BCUT2D eigenvalue weighted by Crippen LogP contribution is -2.35. The fourth-order valence-corrected chi connectivity index (χ4v) is 2.87. The molecule has 114 valence electrons. The number of hydroxylamine groups is 2. The fraction of sp³-hybridized carbons (Fsp3) is 0.353. The van der Waals surface area contributed by atoms with Crippen LogP contribution < -0.4 is 0 Å². The summed E-state index contributed by atoms with van der Waals surface area (Å²) >= 11 is 0. The molecule has 1 atom stereocenters. The Morgan fingerprint density at radius 1 is 1.09 bits per heavy atom. The lowest BCUT2D eigenvalue weighted by Gasteiger charge is -2.24. The van der Waals surface area contributed by atoms with E-state index < -0.39 is 17.8 Å². The normalized spacial score (nSPS) is 21.2. The van der Waals surface area contributed by atoms with Gasteiger partial charge in [-0.25, -0.2) is 4.79 Å². The third-order valence-electron chi connectivity index (χ3n) is 4.42. The van der Waals surface area contributed by atoms with E-state index in [1.807, 2.05) is 6.92 Å². The molecule has 5 heteroatoms. The minimum atomic E-state index is -0.576. The van der Waals surface area contributed by atoms with E-state index in [1.165, 1.54) is 11.1 Å². The smallest absolute Gasteiger partial charge is 0.329 e. The number of benzene rings is 1. The lowest BCUT2D eigenvalue weighted by atomic mass is 9.85. The molecule has 1 aliphatic heterocycles. The molecule has 0 aromatic heterocycles. The van der Waals surface area contributed by atoms with E-state index in [0.717, 1.165) is 6.42 Å². The molecule has 1 heterocycles. The van der Waals surface area contributed by atoms with Crippen molar-refractivity contribution in [2.24, 2.45) is 5.92 Å². The van der Waals surface area contributed by atoms with Crippen LogP contribution in [0, 0.1) is 5.92 Å². The molecule has 1 aromatic rings. The molecule has 0 radical (unpaired) electrons. The van der Waals surface area contributed by atoms with Crippen LogP contribution in [0.4, 0.5) is 0 Å². The Bertz CT molecular complexity index is 669. The number of imide groups is 1. The topological polar surface area (TPSA) is 63.7 Å². The van der Waals surface area contributed by atoms with Crippen LogP contribution in [-0.2, 0) is 9.63 Å². The van der Waals surface area contributed by atoms with Crippen LogP contribution in [0.3, 0.4) is 0 Å². The van der Waals surface area contributed by atoms with Gasteiger partial charge in [-0.1, -0.05) is 28.3 Å². The van der Waals surface area contributed by atoms with Crippen LogP contribution in [0.25, 0.3) is 0 Å². The number of amides is 2. The molecule has 1 aromatic carbocycles. The molecule has 0 saturated heterocycles. The second-order valence-corrected chi connectivity index (χ2v) is 5.86. The van der Waals surface area contributed by atoms with E-state index in [-0.39, 0.29) is 17.0 Å². The van der Waals surface area contributed by atoms with Gasteiger partial charge in [0.2, 0.25) is 0 Å². The first-order valence-electron chi connectivity index (χ1n) is 7.34. The van der Waals surface area contributed by atoms with Gasteiger partial charge in [0.15, 0.2) is 0 Å². The first kappa shape index (κ1) is 14.5. The molecule has 2 aliphatic rings. The van der Waals surface area contributed by atoms with Crippen molar-refractivity contribution in [2.45, 2.75) is 33.1 Å². The summed E-state index contributed by atoms with van der Waals surface area (Å²) in [4.78, 5) is 41.7. The van der Waals surface area contributed by atoms with Gasteiger partial charge in [-0.2, -0.15) is 0 Å². The number of hydrogen-bond donors (Lipinski definition) is 0. The Balaban J connectivity index is 1.74. The highest BCUT2D eigenvalue weighted by Gasteiger charge is 2.40. The number of rotatable bonds is 2. The molecule has 0 N–H and O–H groups in total. The summed E-state index contributed by atoms with van der Waals surface area (Å²) in [5.41, 5.74) is 3.02. The van der Waals surface area contributed by atoms with Gasteiger partial charge in [-0.3, -0.25) is 9.59 Å². The molecule has 1 unspecified atom stereocenters. The predicted octanol–water partition coefficient (Wildman–Crippen LogP) is 2.88. The summed E-state index contributed by atoms with van der Waals surface area (Å²) in [7, 11) is 0. The average molecular weight is 299 g/mol. The second kappa shape index (κ2) is 5.40. The minimum absolute atomic E-state index is 0.274. The molecule has 0 bridgehead atoms. The zero-order chi connectivity index (χ0) is 15.9. The van der Waals surface area contributed by atoms with Crippen molar-refractivity contribution in [2.75, 3.05) is 0 Å². The van der Waals surface area contributed by atoms with E-state index in [9.17, 15) is 14.4 Å². The first-order valence-corrected chi connectivity index (χ1v) is 7.34. The predicted molar refractivity (Wildman–Crippen MR) is 78.7 cm³/mol. The summed E-state index contributed by atoms with van der Waals surface area (Å²) in [5.74, 6) is -1.96. The van der Waals surface area contributed by atoms with Crippen molar-refractivity contribution in [3.05, 3.63) is 46.5 Å². The van der Waals surface area contributed by atoms with E-state index in [4.69, 9.17) is 4.84 Å². The van der Waals surface area contributed by atoms with Gasteiger partial charge in [0.1, 0.15) is 0 Å². The van der Waals surface area contributed by atoms with Crippen molar-refractivity contribution in [1.82, 2.24) is 5.06 Å². The largest absolute Gasteiger partial charge is 0.336 e. The third kappa shape index (κ3) is 2.32. The molecule has 3 rings (SSSR count). The Kier molecular flexibility index (Phi) is 3.56. The quantitative estimate of drug-likeness (QED) is 0.622. The molecule has 0 saturated carbocycles. The summed E-state index contributed by atoms with van der Waals surface area (Å²) in [6.45, 7) is 4.05. The van der Waals surface area contributed by atoms with E-state index in [2.05, 4.69) is 6.92 Å². The van der Waals surface area contributed by atoms with Crippen LogP contribution in [-0.4, -0.2) is 22.8 Å². The van der Waals surface area contributed by atoms with Crippen molar-refractivity contribution < 1.29 is 19.2 Å². The number of carbonyl (C=O) groups is 3.